The number of benzene rings is 1. The Labute approximate surface area is 158 Å². The predicted molar refractivity (Wildman–Crippen MR) is 111 cm³/mol. The third kappa shape index (κ3) is 3.77. The molecule has 1 aromatic carbocycles. The lowest BCUT2D eigenvalue weighted by Gasteiger charge is -2.42. The number of nitrogens with one attached hydrogen (secondary N) is 1. The topological polar surface area (TPSA) is 25.5 Å². The van der Waals surface area contributed by atoms with E-state index in [1.165, 1.54) is 68.3 Å². The monoisotopic (exact) mass is 354 g/mol. The smallest absolute Gasteiger partial charge is 0.0474 e. The Kier molecular flexibility index (Phi) is 5.51. The molecule has 1 aliphatic carbocycles. The molecule has 2 heterocycles. The minimum atomic E-state index is 0.718. The molecule has 0 radical (unpaired) electrons. The summed E-state index contributed by atoms with van der Waals surface area (Å²) in [6.07, 6.45) is 9.22. The summed E-state index contributed by atoms with van der Waals surface area (Å²) in [5, 5.41) is 1.36. The van der Waals surface area contributed by atoms with Crippen LogP contribution in [0.1, 0.15) is 32.1 Å². The van der Waals surface area contributed by atoms with E-state index in [-0.39, 0.29) is 0 Å². The number of hydrogen-bond donors (Lipinski definition) is 1. The van der Waals surface area contributed by atoms with Crippen molar-refractivity contribution in [2.24, 2.45) is 5.92 Å². The van der Waals surface area contributed by atoms with E-state index in [1.807, 2.05) is 0 Å². The lowest BCUT2D eigenvalue weighted by atomic mass is 9.83. The van der Waals surface area contributed by atoms with Crippen molar-refractivity contribution in [1.82, 2.24) is 14.8 Å². The molecular formula is C22H34N4. The molecule has 142 valence electrons. The molecule has 1 saturated carbocycles. The summed E-state index contributed by atoms with van der Waals surface area (Å²) in [6, 6.07) is 9.54. The zero-order valence-corrected chi connectivity index (χ0v) is 16.5. The molecule has 0 amide bonds. The number of rotatable bonds is 5. The van der Waals surface area contributed by atoms with E-state index in [0.29, 0.717) is 0 Å². The molecule has 2 aromatic rings. The van der Waals surface area contributed by atoms with Gasteiger partial charge in [-0.05, 0) is 51.1 Å². The first-order valence-electron chi connectivity index (χ1n) is 10.4. The van der Waals surface area contributed by atoms with Crippen molar-refractivity contribution in [3.63, 3.8) is 0 Å². The minimum Gasteiger partial charge on any atom is -0.368 e. The van der Waals surface area contributed by atoms with E-state index >= 15 is 0 Å². The molecule has 2 aliphatic rings. The molecule has 1 saturated heterocycles. The molecule has 4 rings (SSSR count). The number of nitrogens with zero attached hydrogens (tertiary/aromatic N) is 3. The average Bonchev–Trinajstić information content (AvgIpc) is 3.16. The van der Waals surface area contributed by atoms with Gasteiger partial charge in [-0.15, -0.1) is 0 Å². The maximum absolute atomic E-state index is 3.34. The van der Waals surface area contributed by atoms with E-state index in [0.717, 1.165) is 25.0 Å². The molecule has 0 spiro atoms. The first-order chi connectivity index (χ1) is 12.7. The fourth-order valence-corrected chi connectivity index (χ4v) is 5.03. The number of aromatic nitrogens is 1. The van der Waals surface area contributed by atoms with Crippen LogP contribution in [0.4, 0.5) is 5.69 Å². The van der Waals surface area contributed by atoms with Gasteiger partial charge in [-0.25, -0.2) is 0 Å². The Morgan fingerprint density at radius 2 is 1.81 bits per heavy atom. The van der Waals surface area contributed by atoms with Gasteiger partial charge in [-0.2, -0.15) is 0 Å². The van der Waals surface area contributed by atoms with E-state index < -0.39 is 0 Å². The van der Waals surface area contributed by atoms with Crippen LogP contribution in [0, 0.1) is 5.92 Å². The number of hydrogen-bond acceptors (Lipinski definition) is 3. The minimum absolute atomic E-state index is 0.718. The molecule has 1 aliphatic heterocycles. The number of piperazine rings is 1. The van der Waals surface area contributed by atoms with Crippen LogP contribution in [-0.4, -0.2) is 67.6 Å². The third-order valence-electron chi connectivity index (χ3n) is 6.59. The van der Waals surface area contributed by atoms with Gasteiger partial charge in [0.1, 0.15) is 0 Å². The summed E-state index contributed by atoms with van der Waals surface area (Å²) in [7, 11) is 4.56. The predicted octanol–water partition coefficient (Wildman–Crippen LogP) is 3.80. The Bertz CT molecular complexity index is 693. The van der Waals surface area contributed by atoms with Crippen LogP contribution in [-0.2, 0) is 0 Å². The van der Waals surface area contributed by atoms with Crippen LogP contribution in [0.25, 0.3) is 10.9 Å². The number of fused-ring (bicyclic) bond motifs is 1. The van der Waals surface area contributed by atoms with Gasteiger partial charge in [-0.3, -0.25) is 4.90 Å². The second kappa shape index (κ2) is 8.01. The second-order valence-electron chi connectivity index (χ2n) is 8.43. The molecule has 1 aromatic heterocycles. The van der Waals surface area contributed by atoms with E-state index in [1.54, 1.807) is 0 Å². The van der Waals surface area contributed by atoms with E-state index in [4.69, 9.17) is 0 Å². The van der Waals surface area contributed by atoms with Crippen molar-refractivity contribution in [2.45, 2.75) is 38.1 Å². The summed E-state index contributed by atoms with van der Waals surface area (Å²) < 4.78 is 0. The summed E-state index contributed by atoms with van der Waals surface area (Å²) in [5.41, 5.74) is 2.63. The number of H-pyrrole nitrogens is 1. The van der Waals surface area contributed by atoms with Crippen molar-refractivity contribution in [3.8, 4) is 0 Å². The van der Waals surface area contributed by atoms with Gasteiger partial charge >= 0.3 is 0 Å². The van der Waals surface area contributed by atoms with Gasteiger partial charge in [-0.1, -0.05) is 25.3 Å². The molecule has 1 unspecified atom stereocenters. The zero-order chi connectivity index (χ0) is 17.9. The Morgan fingerprint density at radius 3 is 2.54 bits per heavy atom. The van der Waals surface area contributed by atoms with Crippen LogP contribution in [0.5, 0.6) is 0 Å². The number of aromatic amines is 1. The fourth-order valence-electron chi connectivity index (χ4n) is 5.03. The Balaban J connectivity index is 1.37. The lowest BCUT2D eigenvalue weighted by molar-refractivity contribution is 0.112. The first kappa shape index (κ1) is 17.9. The molecule has 4 nitrogen and oxygen atoms in total. The van der Waals surface area contributed by atoms with Crippen molar-refractivity contribution in [1.29, 1.82) is 0 Å². The summed E-state index contributed by atoms with van der Waals surface area (Å²) in [5.74, 6) is 0.894. The average molecular weight is 355 g/mol. The van der Waals surface area contributed by atoms with E-state index in [2.05, 4.69) is 64.2 Å². The maximum atomic E-state index is 3.34. The summed E-state index contributed by atoms with van der Waals surface area (Å²) >= 11 is 0. The van der Waals surface area contributed by atoms with Gasteiger partial charge in [0.25, 0.3) is 0 Å². The van der Waals surface area contributed by atoms with E-state index in [9.17, 15) is 0 Å². The standard InChI is InChI=1S/C22H34N4/c1-24(2)22(18-7-4-3-5-8-18)17-25-13-15-26(16-14-25)21-10-6-9-20-19(21)11-12-23-20/h6,9-12,18,22-23H,3-5,7-8,13-17H2,1-2H3. The molecule has 1 N–H and O–H groups in total. The van der Waals surface area contributed by atoms with Crippen LogP contribution < -0.4 is 4.90 Å². The summed E-state index contributed by atoms with van der Waals surface area (Å²) in [6.45, 7) is 5.86. The lowest BCUT2D eigenvalue weighted by Crippen LogP contribution is -2.52. The highest BCUT2D eigenvalue weighted by molar-refractivity contribution is 5.92. The van der Waals surface area contributed by atoms with Crippen LogP contribution in [0.15, 0.2) is 30.5 Å². The Morgan fingerprint density at radius 1 is 1.04 bits per heavy atom. The first-order valence-corrected chi connectivity index (χ1v) is 10.4. The molecule has 4 heteroatoms. The number of likely N-dealkylation sites (N-methyl/N-ethyl adjacent to an activating group) is 1. The Hall–Kier alpha value is -1.52. The highest BCUT2D eigenvalue weighted by Crippen LogP contribution is 2.30. The summed E-state index contributed by atoms with van der Waals surface area (Å²) in [4.78, 5) is 11.1. The SMILES string of the molecule is CN(C)C(CN1CCN(c2cccc3[nH]ccc23)CC1)C1CCCCC1. The normalized spacial score (nSPS) is 21.6. The van der Waals surface area contributed by atoms with Gasteiger partial charge in [0.2, 0.25) is 0 Å². The van der Waals surface area contributed by atoms with Crippen molar-refractivity contribution in [2.75, 3.05) is 51.7 Å². The van der Waals surface area contributed by atoms with Gasteiger partial charge in [0.15, 0.2) is 0 Å². The van der Waals surface area contributed by atoms with Gasteiger partial charge < -0.3 is 14.8 Å². The third-order valence-corrected chi connectivity index (χ3v) is 6.59. The quantitative estimate of drug-likeness (QED) is 0.884. The van der Waals surface area contributed by atoms with Gasteiger partial charge in [0, 0.05) is 61.6 Å². The molecule has 2 fully saturated rings. The fraction of sp³-hybridized carbons (Fsp3) is 0.636. The van der Waals surface area contributed by atoms with Crippen LogP contribution in [0.2, 0.25) is 0 Å². The van der Waals surface area contributed by atoms with Gasteiger partial charge in [0.05, 0.1) is 0 Å². The van der Waals surface area contributed by atoms with Crippen LogP contribution in [0.3, 0.4) is 0 Å². The highest BCUT2D eigenvalue weighted by atomic mass is 15.3. The largest absolute Gasteiger partial charge is 0.368 e. The molecule has 1 atom stereocenters. The zero-order valence-electron chi connectivity index (χ0n) is 16.5. The van der Waals surface area contributed by atoms with Crippen molar-refractivity contribution >= 4 is 16.6 Å². The van der Waals surface area contributed by atoms with Crippen LogP contribution >= 0.6 is 0 Å². The van der Waals surface area contributed by atoms with Crippen molar-refractivity contribution < 1.29 is 0 Å². The maximum Gasteiger partial charge on any atom is 0.0474 e. The molecule has 0 bridgehead atoms. The second-order valence-corrected chi connectivity index (χ2v) is 8.43. The highest BCUT2D eigenvalue weighted by Gasteiger charge is 2.28. The molecular weight excluding hydrogens is 320 g/mol. The molecule has 26 heavy (non-hydrogen) atoms. The number of anilines is 1. The van der Waals surface area contributed by atoms with Crippen molar-refractivity contribution in [3.05, 3.63) is 30.5 Å².